The predicted molar refractivity (Wildman–Crippen MR) is 78.1 cm³/mol. The number of hydrogen-bond acceptors (Lipinski definition) is 3. The summed E-state index contributed by atoms with van der Waals surface area (Å²) >= 11 is 0. The Labute approximate surface area is 121 Å². The van der Waals surface area contributed by atoms with E-state index >= 15 is 0 Å². The summed E-state index contributed by atoms with van der Waals surface area (Å²) in [7, 11) is 1.38. The van der Waals surface area contributed by atoms with Gasteiger partial charge in [-0.2, -0.15) is 0 Å². The van der Waals surface area contributed by atoms with E-state index in [2.05, 4.69) is 4.98 Å². The number of ether oxygens (including phenoxy) is 1. The Morgan fingerprint density at radius 3 is 2.62 bits per heavy atom. The Hall–Kier alpha value is -2.75. The van der Waals surface area contributed by atoms with Gasteiger partial charge in [0.2, 0.25) is 0 Å². The molecule has 104 valence electrons. The monoisotopic (exact) mass is 281 g/mol. The van der Waals surface area contributed by atoms with Crippen LogP contribution in [0.25, 0.3) is 10.9 Å². The maximum Gasteiger partial charge on any atom is 0.193 e. The highest BCUT2D eigenvalue weighted by Gasteiger charge is 2.13. The fraction of sp³-hybridized carbons (Fsp3) is 0.0588. The number of fused-ring (bicyclic) bond motifs is 1. The van der Waals surface area contributed by atoms with Crippen molar-refractivity contribution in [3.63, 3.8) is 0 Å². The van der Waals surface area contributed by atoms with E-state index in [1.165, 1.54) is 19.2 Å². The Balaban J connectivity index is 2.01. The van der Waals surface area contributed by atoms with Gasteiger partial charge in [0.1, 0.15) is 0 Å². The van der Waals surface area contributed by atoms with Crippen LogP contribution >= 0.6 is 0 Å². The van der Waals surface area contributed by atoms with Gasteiger partial charge in [0.25, 0.3) is 0 Å². The van der Waals surface area contributed by atoms with Crippen molar-refractivity contribution in [1.29, 1.82) is 0 Å². The molecule has 0 aliphatic heterocycles. The predicted octanol–water partition coefficient (Wildman–Crippen LogP) is 3.61. The second kappa shape index (κ2) is 5.32. The molecule has 0 unspecified atom stereocenters. The van der Waals surface area contributed by atoms with E-state index in [-0.39, 0.29) is 17.1 Å². The van der Waals surface area contributed by atoms with Gasteiger partial charge in [-0.1, -0.05) is 18.2 Å². The Morgan fingerprint density at radius 2 is 1.86 bits per heavy atom. The third-order valence-electron chi connectivity index (χ3n) is 3.28. The van der Waals surface area contributed by atoms with E-state index in [1.54, 1.807) is 24.4 Å². The summed E-state index contributed by atoms with van der Waals surface area (Å²) in [4.78, 5) is 16.6. The maximum absolute atomic E-state index is 13.7. The molecule has 0 aliphatic carbocycles. The number of hydrogen-bond donors (Lipinski definition) is 0. The summed E-state index contributed by atoms with van der Waals surface area (Å²) in [6, 6.07) is 13.2. The number of ketones is 1. The number of nitrogens with zero attached hydrogens (tertiary/aromatic N) is 1. The van der Waals surface area contributed by atoms with Gasteiger partial charge in [-0.3, -0.25) is 9.78 Å². The molecule has 0 saturated carbocycles. The van der Waals surface area contributed by atoms with E-state index in [4.69, 9.17) is 4.74 Å². The third kappa shape index (κ3) is 2.48. The van der Waals surface area contributed by atoms with Crippen LogP contribution in [-0.4, -0.2) is 17.9 Å². The minimum absolute atomic E-state index is 0.117. The van der Waals surface area contributed by atoms with Crippen LogP contribution in [0.2, 0.25) is 0 Å². The minimum Gasteiger partial charge on any atom is -0.494 e. The molecular weight excluding hydrogens is 269 g/mol. The van der Waals surface area contributed by atoms with Crippen LogP contribution in [0.3, 0.4) is 0 Å². The summed E-state index contributed by atoms with van der Waals surface area (Å²) < 4.78 is 18.5. The summed E-state index contributed by atoms with van der Waals surface area (Å²) in [5.74, 6) is -0.682. The van der Waals surface area contributed by atoms with E-state index in [1.807, 2.05) is 18.2 Å². The number of rotatable bonds is 3. The Bertz CT molecular complexity index is 830. The lowest BCUT2D eigenvalue weighted by atomic mass is 10.0. The molecule has 0 amide bonds. The molecule has 3 nitrogen and oxygen atoms in total. The standard InChI is InChI=1S/C17H12FNO2/c1-21-16-7-6-12(9-14(16)18)17(20)13-5-4-11-3-2-8-19-15(11)10-13/h2-10H,1H3. The number of carbonyl (C=O) groups is 1. The molecule has 0 N–H and O–H groups in total. The number of halogens is 1. The van der Waals surface area contributed by atoms with Crippen molar-refractivity contribution in [2.45, 2.75) is 0 Å². The first-order valence-electron chi connectivity index (χ1n) is 6.42. The largest absolute Gasteiger partial charge is 0.494 e. The molecule has 0 saturated heterocycles. The van der Waals surface area contributed by atoms with E-state index in [0.29, 0.717) is 5.56 Å². The number of methoxy groups -OCH3 is 1. The van der Waals surface area contributed by atoms with Crippen molar-refractivity contribution < 1.29 is 13.9 Å². The van der Waals surface area contributed by atoms with Crippen LogP contribution in [0.15, 0.2) is 54.7 Å². The first-order chi connectivity index (χ1) is 10.2. The van der Waals surface area contributed by atoms with Crippen LogP contribution in [0.5, 0.6) is 5.75 Å². The Morgan fingerprint density at radius 1 is 1.10 bits per heavy atom. The number of benzene rings is 2. The van der Waals surface area contributed by atoms with Gasteiger partial charge in [0, 0.05) is 22.7 Å². The van der Waals surface area contributed by atoms with Gasteiger partial charge in [-0.25, -0.2) is 4.39 Å². The molecule has 3 rings (SSSR count). The second-order valence-corrected chi connectivity index (χ2v) is 4.59. The van der Waals surface area contributed by atoms with Gasteiger partial charge >= 0.3 is 0 Å². The summed E-state index contributed by atoms with van der Waals surface area (Å²) in [5, 5.41) is 0.954. The lowest BCUT2D eigenvalue weighted by Gasteiger charge is -2.05. The molecule has 2 aromatic carbocycles. The van der Waals surface area contributed by atoms with E-state index in [0.717, 1.165) is 10.9 Å². The first-order valence-corrected chi connectivity index (χ1v) is 6.42. The maximum atomic E-state index is 13.7. The average molecular weight is 281 g/mol. The molecule has 0 aliphatic rings. The highest BCUT2D eigenvalue weighted by molar-refractivity contribution is 6.10. The normalized spacial score (nSPS) is 10.6. The first kappa shape index (κ1) is 13.2. The molecule has 0 atom stereocenters. The molecule has 0 bridgehead atoms. The molecule has 0 fully saturated rings. The van der Waals surface area contributed by atoms with Gasteiger partial charge in [0.05, 0.1) is 12.6 Å². The molecule has 21 heavy (non-hydrogen) atoms. The van der Waals surface area contributed by atoms with Crippen molar-refractivity contribution in [2.75, 3.05) is 7.11 Å². The zero-order valence-electron chi connectivity index (χ0n) is 11.3. The number of carbonyl (C=O) groups excluding carboxylic acids is 1. The van der Waals surface area contributed by atoms with Crippen molar-refractivity contribution in [3.8, 4) is 5.75 Å². The van der Waals surface area contributed by atoms with Crippen LogP contribution in [0, 0.1) is 5.82 Å². The number of aromatic nitrogens is 1. The minimum atomic E-state index is -0.553. The quantitative estimate of drug-likeness (QED) is 0.688. The Kier molecular flexibility index (Phi) is 3.36. The zero-order valence-corrected chi connectivity index (χ0v) is 11.3. The smallest absolute Gasteiger partial charge is 0.193 e. The molecule has 0 spiro atoms. The van der Waals surface area contributed by atoms with Crippen LogP contribution in [0.1, 0.15) is 15.9 Å². The molecular formula is C17H12FNO2. The van der Waals surface area contributed by atoms with Crippen molar-refractivity contribution in [2.24, 2.45) is 0 Å². The second-order valence-electron chi connectivity index (χ2n) is 4.59. The van der Waals surface area contributed by atoms with Gasteiger partial charge < -0.3 is 4.74 Å². The third-order valence-corrected chi connectivity index (χ3v) is 3.28. The fourth-order valence-corrected chi connectivity index (χ4v) is 2.18. The average Bonchev–Trinajstić information content (AvgIpc) is 2.53. The van der Waals surface area contributed by atoms with Gasteiger partial charge in [0.15, 0.2) is 17.3 Å². The lowest BCUT2D eigenvalue weighted by molar-refractivity contribution is 0.103. The summed E-state index contributed by atoms with van der Waals surface area (Å²) in [6.07, 6.45) is 1.67. The molecule has 4 heteroatoms. The van der Waals surface area contributed by atoms with E-state index < -0.39 is 5.82 Å². The molecule has 1 aromatic heterocycles. The van der Waals surface area contributed by atoms with Crippen LogP contribution in [-0.2, 0) is 0 Å². The van der Waals surface area contributed by atoms with Crippen molar-refractivity contribution >= 4 is 16.7 Å². The van der Waals surface area contributed by atoms with Crippen LogP contribution in [0.4, 0.5) is 4.39 Å². The summed E-state index contributed by atoms with van der Waals surface area (Å²) in [5.41, 5.74) is 1.49. The van der Waals surface area contributed by atoms with Crippen LogP contribution < -0.4 is 4.74 Å². The fourth-order valence-electron chi connectivity index (χ4n) is 2.18. The topological polar surface area (TPSA) is 39.2 Å². The van der Waals surface area contributed by atoms with Gasteiger partial charge in [-0.15, -0.1) is 0 Å². The SMILES string of the molecule is COc1ccc(C(=O)c2ccc3cccnc3c2)cc1F. The molecule has 3 aromatic rings. The number of pyridine rings is 1. The molecule has 0 radical (unpaired) electrons. The van der Waals surface area contributed by atoms with Gasteiger partial charge in [-0.05, 0) is 30.3 Å². The van der Waals surface area contributed by atoms with E-state index in [9.17, 15) is 9.18 Å². The zero-order chi connectivity index (χ0) is 14.8. The highest BCUT2D eigenvalue weighted by Crippen LogP contribution is 2.21. The highest BCUT2D eigenvalue weighted by atomic mass is 19.1. The summed E-state index contributed by atoms with van der Waals surface area (Å²) in [6.45, 7) is 0. The van der Waals surface area contributed by atoms with Crippen molar-refractivity contribution in [1.82, 2.24) is 4.98 Å². The lowest BCUT2D eigenvalue weighted by Crippen LogP contribution is -2.02. The molecule has 1 heterocycles. The van der Waals surface area contributed by atoms with Crippen molar-refractivity contribution in [3.05, 3.63) is 71.7 Å².